The van der Waals surface area contributed by atoms with Crippen molar-refractivity contribution >= 4 is 23.7 Å². The van der Waals surface area contributed by atoms with Crippen LogP contribution >= 0.6 is 0 Å². The van der Waals surface area contributed by atoms with Crippen molar-refractivity contribution in [2.24, 2.45) is 11.8 Å². The minimum atomic E-state index is -1.32. The normalized spacial score (nSPS) is 11.7. The molecule has 2 aromatic rings. The van der Waals surface area contributed by atoms with Crippen molar-refractivity contribution in [3.05, 3.63) is 48.5 Å². The van der Waals surface area contributed by atoms with E-state index in [2.05, 4.69) is 25.5 Å². The summed E-state index contributed by atoms with van der Waals surface area (Å²) in [6, 6.07) is 12.7. The van der Waals surface area contributed by atoms with Gasteiger partial charge >= 0.3 is 12.3 Å². The second-order valence-corrected chi connectivity index (χ2v) is 7.60. The van der Waals surface area contributed by atoms with E-state index in [4.69, 9.17) is 26.0 Å². The monoisotopic (exact) mass is 418 g/mol. The van der Waals surface area contributed by atoms with Crippen molar-refractivity contribution in [3.8, 4) is 11.5 Å². The number of nitrogen functional groups attached to an aromatic ring is 2. The van der Waals surface area contributed by atoms with Crippen LogP contribution in [0.3, 0.4) is 0 Å². The summed E-state index contributed by atoms with van der Waals surface area (Å²) in [4.78, 5) is 21.8. The fraction of sp³-hybridized carbons (Fsp3) is 0.364. The molecule has 1 unspecified atom stereocenters. The number of hydrogen-bond donors (Lipinski definition) is 3. The zero-order valence-electron chi connectivity index (χ0n) is 17.9. The molecular weight excluding hydrogens is 388 g/mol. The summed E-state index contributed by atoms with van der Waals surface area (Å²) in [7, 11) is 0. The van der Waals surface area contributed by atoms with Crippen LogP contribution in [0.2, 0.25) is 0 Å². The first-order chi connectivity index (χ1) is 13.9. The molecule has 0 amide bonds. The highest BCUT2D eigenvalue weighted by atomic mass is 16.7. The standard InChI is InChI=1S/C15H23NO3.C7H7NO3/c1-10(2)11(3)15(4,5)19-14(17)18-13-8-6-12(16)7-9-13;8-5-1-3-6(4-2-5)11-7(9)10/h6-11H,16H2,1-5H3;1-4H,8H2,(H,9,10). The Bertz CT molecular complexity index is 817. The molecule has 5 N–H and O–H groups in total. The predicted octanol–water partition coefficient (Wildman–Crippen LogP) is 5.18. The van der Waals surface area contributed by atoms with Gasteiger partial charge in [-0.2, -0.15) is 0 Å². The minimum absolute atomic E-state index is 0.228. The van der Waals surface area contributed by atoms with E-state index in [1.165, 1.54) is 12.1 Å². The van der Waals surface area contributed by atoms with Crippen LogP contribution in [0, 0.1) is 11.8 Å². The molecule has 0 saturated carbocycles. The van der Waals surface area contributed by atoms with Crippen LogP contribution in [0.1, 0.15) is 34.6 Å². The summed E-state index contributed by atoms with van der Waals surface area (Å²) < 4.78 is 14.9. The van der Waals surface area contributed by atoms with Gasteiger partial charge in [-0.1, -0.05) is 20.8 Å². The van der Waals surface area contributed by atoms with E-state index < -0.39 is 17.9 Å². The SMILES string of the molecule is CC(C)C(C)C(C)(C)OC(=O)Oc1ccc(N)cc1.Nc1ccc(OC(=O)O)cc1. The summed E-state index contributed by atoms with van der Waals surface area (Å²) in [6.07, 6.45) is -2.02. The van der Waals surface area contributed by atoms with Crippen molar-refractivity contribution in [3.63, 3.8) is 0 Å². The highest BCUT2D eigenvalue weighted by Gasteiger charge is 2.32. The molecule has 30 heavy (non-hydrogen) atoms. The molecule has 0 aliphatic heterocycles. The number of carbonyl (C=O) groups excluding carboxylic acids is 1. The van der Waals surface area contributed by atoms with Crippen LogP contribution < -0.4 is 20.9 Å². The molecule has 8 heteroatoms. The van der Waals surface area contributed by atoms with Crippen molar-refractivity contribution < 1.29 is 28.9 Å². The smallest absolute Gasteiger partial charge is 0.449 e. The molecular formula is C22H30N2O6. The van der Waals surface area contributed by atoms with Gasteiger partial charge in [0.15, 0.2) is 0 Å². The Kier molecular flexibility index (Phi) is 8.98. The Morgan fingerprint density at radius 1 is 0.833 bits per heavy atom. The van der Waals surface area contributed by atoms with Crippen molar-refractivity contribution in [1.29, 1.82) is 0 Å². The number of hydrogen-bond acceptors (Lipinski definition) is 7. The first-order valence-electron chi connectivity index (χ1n) is 9.43. The van der Waals surface area contributed by atoms with Gasteiger partial charge in [0.2, 0.25) is 0 Å². The molecule has 0 aliphatic carbocycles. The fourth-order valence-corrected chi connectivity index (χ4v) is 2.40. The molecule has 0 heterocycles. The maximum absolute atomic E-state index is 11.8. The zero-order valence-corrected chi connectivity index (χ0v) is 17.9. The summed E-state index contributed by atoms with van der Waals surface area (Å²) >= 11 is 0. The largest absolute Gasteiger partial charge is 0.514 e. The number of benzene rings is 2. The van der Waals surface area contributed by atoms with Crippen LogP contribution in [0.5, 0.6) is 11.5 Å². The lowest BCUT2D eigenvalue weighted by Gasteiger charge is -2.33. The molecule has 0 fully saturated rings. The third-order valence-corrected chi connectivity index (χ3v) is 4.61. The third kappa shape index (κ3) is 8.72. The molecule has 0 aromatic heterocycles. The summed E-state index contributed by atoms with van der Waals surface area (Å²) in [6.45, 7) is 10.0. The van der Waals surface area contributed by atoms with E-state index in [0.29, 0.717) is 23.0 Å². The number of nitrogens with two attached hydrogens (primary N) is 2. The first-order valence-corrected chi connectivity index (χ1v) is 9.43. The molecule has 164 valence electrons. The van der Waals surface area contributed by atoms with Crippen LogP contribution in [-0.2, 0) is 4.74 Å². The number of rotatable bonds is 5. The molecule has 0 aliphatic rings. The molecule has 2 aromatic carbocycles. The van der Waals surface area contributed by atoms with Gasteiger partial charge in [-0.3, -0.25) is 0 Å². The van der Waals surface area contributed by atoms with E-state index in [-0.39, 0.29) is 11.7 Å². The summed E-state index contributed by atoms with van der Waals surface area (Å²) in [5, 5.41) is 8.18. The molecule has 1 atom stereocenters. The fourth-order valence-electron chi connectivity index (χ4n) is 2.40. The minimum Gasteiger partial charge on any atom is -0.449 e. The molecule has 0 spiro atoms. The highest BCUT2D eigenvalue weighted by Crippen LogP contribution is 2.28. The lowest BCUT2D eigenvalue weighted by molar-refractivity contribution is -0.0357. The average Bonchev–Trinajstić information content (AvgIpc) is 2.64. The van der Waals surface area contributed by atoms with Crippen LogP contribution in [0.15, 0.2) is 48.5 Å². The second-order valence-electron chi connectivity index (χ2n) is 7.60. The van der Waals surface area contributed by atoms with Crippen molar-refractivity contribution in [1.82, 2.24) is 0 Å². The summed E-state index contributed by atoms with van der Waals surface area (Å²) in [5.41, 5.74) is 11.5. The van der Waals surface area contributed by atoms with Crippen molar-refractivity contribution in [2.45, 2.75) is 40.2 Å². The first kappa shape index (κ1) is 24.6. The van der Waals surface area contributed by atoms with E-state index in [9.17, 15) is 9.59 Å². The Labute approximate surface area is 176 Å². The van der Waals surface area contributed by atoms with Gasteiger partial charge in [-0.15, -0.1) is 0 Å². The Balaban J connectivity index is 0.000000346. The number of anilines is 2. The molecule has 2 rings (SSSR count). The number of carboxylic acid groups (broad SMARTS) is 1. The van der Waals surface area contributed by atoms with Gasteiger partial charge in [0.1, 0.15) is 17.1 Å². The number of carbonyl (C=O) groups is 2. The van der Waals surface area contributed by atoms with Gasteiger partial charge in [-0.05, 0) is 74.2 Å². The molecule has 0 saturated heterocycles. The van der Waals surface area contributed by atoms with Gasteiger partial charge in [-0.25, -0.2) is 9.59 Å². The lowest BCUT2D eigenvalue weighted by atomic mass is 9.83. The van der Waals surface area contributed by atoms with Crippen molar-refractivity contribution in [2.75, 3.05) is 11.5 Å². The zero-order chi connectivity index (χ0) is 22.9. The average molecular weight is 418 g/mol. The maximum Gasteiger partial charge on any atom is 0.514 e. The van der Waals surface area contributed by atoms with Crippen LogP contribution in [0.25, 0.3) is 0 Å². The molecule has 8 nitrogen and oxygen atoms in total. The van der Waals surface area contributed by atoms with E-state index in [1.54, 1.807) is 36.4 Å². The summed E-state index contributed by atoms with van der Waals surface area (Å²) in [5.74, 6) is 1.34. The molecule has 0 bridgehead atoms. The second kappa shape index (κ2) is 10.9. The van der Waals surface area contributed by atoms with Gasteiger partial charge in [0.25, 0.3) is 0 Å². The van der Waals surface area contributed by atoms with Crippen LogP contribution in [0.4, 0.5) is 21.0 Å². The quantitative estimate of drug-likeness (QED) is 0.343. The maximum atomic E-state index is 11.8. The predicted molar refractivity (Wildman–Crippen MR) is 116 cm³/mol. The highest BCUT2D eigenvalue weighted by molar-refractivity contribution is 5.64. The topological polar surface area (TPSA) is 134 Å². The Morgan fingerprint density at radius 3 is 1.60 bits per heavy atom. The lowest BCUT2D eigenvalue weighted by Crippen LogP contribution is -2.38. The van der Waals surface area contributed by atoms with Gasteiger partial charge in [0.05, 0.1) is 0 Å². The Hall–Kier alpha value is -3.42. The third-order valence-electron chi connectivity index (χ3n) is 4.61. The van der Waals surface area contributed by atoms with E-state index in [1.807, 2.05) is 13.8 Å². The van der Waals surface area contributed by atoms with Gasteiger partial charge < -0.3 is 30.8 Å². The van der Waals surface area contributed by atoms with Gasteiger partial charge in [0, 0.05) is 11.4 Å². The molecule has 0 radical (unpaired) electrons. The van der Waals surface area contributed by atoms with Crippen LogP contribution in [-0.4, -0.2) is 23.0 Å². The van der Waals surface area contributed by atoms with E-state index in [0.717, 1.165) is 0 Å². The number of ether oxygens (including phenoxy) is 3. The Morgan fingerprint density at radius 2 is 1.23 bits per heavy atom. The van der Waals surface area contributed by atoms with E-state index >= 15 is 0 Å².